The lowest BCUT2D eigenvalue weighted by molar-refractivity contribution is -0.119. The highest BCUT2D eigenvalue weighted by atomic mass is 35.5. The molecular weight excluding hydrogens is 287 g/mol. The van der Waals surface area contributed by atoms with Gasteiger partial charge in [0.1, 0.15) is 0 Å². The average molecular weight is 301 g/mol. The molecule has 1 fully saturated rings. The number of nitrogens with zero attached hydrogens (tertiary/aromatic N) is 1. The van der Waals surface area contributed by atoms with Crippen LogP contribution in [0.1, 0.15) is 20.3 Å². The molecular formula is C13H14Cl2N2O2. The Morgan fingerprint density at radius 3 is 2.58 bits per heavy atom. The van der Waals surface area contributed by atoms with Crippen LogP contribution in [0, 0.1) is 5.92 Å². The highest BCUT2D eigenvalue weighted by Gasteiger charge is 2.35. The summed E-state index contributed by atoms with van der Waals surface area (Å²) in [6.45, 7) is 3.92. The molecule has 19 heavy (non-hydrogen) atoms. The van der Waals surface area contributed by atoms with E-state index < -0.39 is 6.03 Å². The first-order chi connectivity index (χ1) is 8.90. The van der Waals surface area contributed by atoms with Crippen molar-refractivity contribution in [2.45, 2.75) is 26.3 Å². The lowest BCUT2D eigenvalue weighted by Crippen LogP contribution is -2.56. The van der Waals surface area contributed by atoms with Crippen LogP contribution in [0.3, 0.4) is 0 Å². The van der Waals surface area contributed by atoms with E-state index in [1.165, 1.54) is 6.07 Å². The monoisotopic (exact) mass is 300 g/mol. The van der Waals surface area contributed by atoms with E-state index in [-0.39, 0.29) is 24.3 Å². The lowest BCUT2D eigenvalue weighted by atomic mass is 9.98. The van der Waals surface area contributed by atoms with Crippen LogP contribution < -0.4 is 10.2 Å². The summed E-state index contributed by atoms with van der Waals surface area (Å²) >= 11 is 11.9. The highest BCUT2D eigenvalue weighted by molar-refractivity contribution is 6.37. The molecule has 1 atom stereocenters. The molecule has 0 saturated carbocycles. The van der Waals surface area contributed by atoms with E-state index in [9.17, 15) is 9.59 Å². The van der Waals surface area contributed by atoms with Crippen molar-refractivity contribution in [2.24, 2.45) is 5.92 Å². The maximum Gasteiger partial charge on any atom is 0.329 e. The Morgan fingerprint density at radius 1 is 1.32 bits per heavy atom. The summed E-state index contributed by atoms with van der Waals surface area (Å²) in [5, 5.41) is 3.54. The van der Waals surface area contributed by atoms with Crippen molar-refractivity contribution < 1.29 is 9.59 Å². The number of carbonyl (C=O) groups excluding carboxylic acids is 2. The molecule has 0 spiro atoms. The van der Waals surface area contributed by atoms with E-state index in [2.05, 4.69) is 5.32 Å². The zero-order chi connectivity index (χ0) is 14.2. The van der Waals surface area contributed by atoms with Gasteiger partial charge in [-0.25, -0.2) is 9.69 Å². The number of anilines is 1. The minimum atomic E-state index is -0.459. The van der Waals surface area contributed by atoms with E-state index in [4.69, 9.17) is 23.2 Å². The average Bonchev–Trinajstić information content (AvgIpc) is 2.32. The van der Waals surface area contributed by atoms with Crippen molar-refractivity contribution >= 4 is 40.8 Å². The van der Waals surface area contributed by atoms with E-state index in [0.717, 1.165) is 4.90 Å². The fraction of sp³-hybridized carbons (Fsp3) is 0.385. The van der Waals surface area contributed by atoms with Crippen LogP contribution in [0.15, 0.2) is 18.2 Å². The van der Waals surface area contributed by atoms with Crippen LogP contribution in [0.2, 0.25) is 10.0 Å². The fourth-order valence-corrected chi connectivity index (χ4v) is 2.34. The summed E-state index contributed by atoms with van der Waals surface area (Å²) in [5.41, 5.74) is 0.318. The SMILES string of the molecule is CC(C)C1CC(=O)N(c2cc(Cl)ccc2Cl)C(=O)N1. The molecule has 3 amide bonds. The number of hydrogen-bond acceptors (Lipinski definition) is 2. The molecule has 4 nitrogen and oxygen atoms in total. The second kappa shape index (κ2) is 5.39. The second-order valence-corrected chi connectivity index (χ2v) is 5.67. The van der Waals surface area contributed by atoms with Gasteiger partial charge in [0.05, 0.1) is 10.7 Å². The van der Waals surface area contributed by atoms with Gasteiger partial charge in [0.15, 0.2) is 0 Å². The van der Waals surface area contributed by atoms with Crippen molar-refractivity contribution in [3.8, 4) is 0 Å². The molecule has 1 heterocycles. The molecule has 0 radical (unpaired) electrons. The largest absolute Gasteiger partial charge is 0.334 e. The predicted octanol–water partition coefficient (Wildman–Crippen LogP) is 3.46. The molecule has 0 bridgehead atoms. The van der Waals surface area contributed by atoms with Crippen molar-refractivity contribution in [1.82, 2.24) is 5.32 Å². The number of halogens is 2. The maximum absolute atomic E-state index is 12.1. The minimum absolute atomic E-state index is 0.144. The number of rotatable bonds is 2. The molecule has 2 rings (SSSR count). The van der Waals surface area contributed by atoms with Crippen molar-refractivity contribution in [3.63, 3.8) is 0 Å². The number of amides is 3. The fourth-order valence-electron chi connectivity index (χ4n) is 1.97. The number of imide groups is 1. The number of nitrogens with one attached hydrogen (secondary N) is 1. The predicted molar refractivity (Wildman–Crippen MR) is 75.7 cm³/mol. The number of urea groups is 1. The lowest BCUT2D eigenvalue weighted by Gasteiger charge is -2.33. The molecule has 1 aromatic rings. The van der Waals surface area contributed by atoms with Crippen molar-refractivity contribution in [3.05, 3.63) is 28.2 Å². The molecule has 1 aromatic carbocycles. The molecule has 1 aliphatic heterocycles. The molecule has 1 saturated heterocycles. The van der Waals surface area contributed by atoms with Crippen LogP contribution in [0.25, 0.3) is 0 Å². The number of benzene rings is 1. The zero-order valence-corrected chi connectivity index (χ0v) is 12.1. The van der Waals surface area contributed by atoms with Gasteiger partial charge in [0.25, 0.3) is 0 Å². The van der Waals surface area contributed by atoms with E-state index in [0.29, 0.717) is 15.7 Å². The Morgan fingerprint density at radius 2 is 2.00 bits per heavy atom. The summed E-state index contributed by atoms with van der Waals surface area (Å²) in [5.74, 6) is -0.0727. The topological polar surface area (TPSA) is 49.4 Å². The first-order valence-electron chi connectivity index (χ1n) is 5.98. The van der Waals surface area contributed by atoms with Crippen LogP contribution in [-0.4, -0.2) is 18.0 Å². The molecule has 6 heteroatoms. The van der Waals surface area contributed by atoms with Gasteiger partial charge in [0, 0.05) is 17.5 Å². The van der Waals surface area contributed by atoms with Gasteiger partial charge in [-0.3, -0.25) is 4.79 Å². The van der Waals surface area contributed by atoms with E-state index in [1.54, 1.807) is 12.1 Å². The number of hydrogen-bond donors (Lipinski definition) is 1. The van der Waals surface area contributed by atoms with Crippen LogP contribution in [0.4, 0.5) is 10.5 Å². The molecule has 1 aliphatic rings. The summed E-state index contributed by atoms with van der Waals surface area (Å²) in [6, 6.07) is 4.08. The molecule has 1 unspecified atom stereocenters. The quantitative estimate of drug-likeness (QED) is 0.909. The normalized spacial score (nSPS) is 19.8. The van der Waals surface area contributed by atoms with E-state index >= 15 is 0 Å². The van der Waals surface area contributed by atoms with Gasteiger partial charge >= 0.3 is 6.03 Å². The first kappa shape index (κ1) is 14.2. The zero-order valence-electron chi connectivity index (χ0n) is 10.6. The van der Waals surface area contributed by atoms with Crippen LogP contribution in [-0.2, 0) is 4.79 Å². The summed E-state index contributed by atoms with van der Waals surface area (Å²) in [6.07, 6.45) is 0.256. The summed E-state index contributed by atoms with van der Waals surface area (Å²) in [4.78, 5) is 25.3. The Hall–Kier alpha value is -1.26. The van der Waals surface area contributed by atoms with Crippen molar-refractivity contribution in [2.75, 3.05) is 4.90 Å². The summed E-state index contributed by atoms with van der Waals surface area (Å²) < 4.78 is 0. The minimum Gasteiger partial charge on any atom is -0.334 e. The summed E-state index contributed by atoms with van der Waals surface area (Å²) in [7, 11) is 0. The van der Waals surface area contributed by atoms with Gasteiger partial charge in [-0.2, -0.15) is 0 Å². The number of carbonyl (C=O) groups is 2. The van der Waals surface area contributed by atoms with E-state index in [1.807, 2.05) is 13.8 Å². The Balaban J connectivity index is 2.33. The van der Waals surface area contributed by atoms with Gasteiger partial charge in [-0.1, -0.05) is 37.0 Å². The standard InChI is InChI=1S/C13H14Cl2N2O2/c1-7(2)10-6-12(18)17(13(19)16-10)11-5-8(14)3-4-9(11)15/h3-5,7,10H,6H2,1-2H3,(H,16,19). The van der Waals surface area contributed by atoms with Gasteiger partial charge in [-0.05, 0) is 24.1 Å². The Kier molecular flexibility index (Phi) is 4.02. The maximum atomic E-state index is 12.1. The van der Waals surface area contributed by atoms with Gasteiger partial charge in [-0.15, -0.1) is 0 Å². The smallest absolute Gasteiger partial charge is 0.329 e. The molecule has 0 aromatic heterocycles. The third-order valence-electron chi connectivity index (χ3n) is 3.11. The Labute approximate surface area is 121 Å². The second-order valence-electron chi connectivity index (χ2n) is 4.83. The third kappa shape index (κ3) is 2.85. The first-order valence-corrected chi connectivity index (χ1v) is 6.74. The molecule has 102 valence electrons. The molecule has 0 aliphatic carbocycles. The third-order valence-corrected chi connectivity index (χ3v) is 3.66. The highest BCUT2D eigenvalue weighted by Crippen LogP contribution is 2.31. The Bertz CT molecular complexity index is 513. The van der Waals surface area contributed by atoms with Gasteiger partial charge in [0.2, 0.25) is 5.91 Å². The van der Waals surface area contributed by atoms with Gasteiger partial charge < -0.3 is 5.32 Å². The van der Waals surface area contributed by atoms with Crippen molar-refractivity contribution in [1.29, 1.82) is 0 Å². The van der Waals surface area contributed by atoms with Crippen LogP contribution in [0.5, 0.6) is 0 Å². The molecule has 1 N–H and O–H groups in total. The van der Waals surface area contributed by atoms with Crippen LogP contribution >= 0.6 is 23.2 Å².